The van der Waals surface area contributed by atoms with Crippen molar-refractivity contribution >= 4 is 23.3 Å². The highest BCUT2D eigenvalue weighted by atomic mass is 32.2. The van der Waals surface area contributed by atoms with E-state index in [4.69, 9.17) is 5.73 Å². The van der Waals surface area contributed by atoms with Crippen LogP contribution in [0.2, 0.25) is 0 Å². The molecule has 0 aromatic carbocycles. The van der Waals surface area contributed by atoms with Crippen LogP contribution in [0.1, 0.15) is 20.8 Å². The van der Waals surface area contributed by atoms with Gasteiger partial charge >= 0.3 is 0 Å². The van der Waals surface area contributed by atoms with Crippen molar-refractivity contribution in [1.82, 2.24) is 4.98 Å². The third kappa shape index (κ3) is 3.37. The van der Waals surface area contributed by atoms with Crippen LogP contribution < -0.4 is 5.73 Å². The fraction of sp³-hybridized carbons (Fsp3) is 0.500. The van der Waals surface area contributed by atoms with Crippen LogP contribution in [0.4, 0.5) is 11.5 Å². The lowest BCUT2D eigenvalue weighted by Crippen LogP contribution is -2.06. The van der Waals surface area contributed by atoms with Crippen LogP contribution in [0.5, 0.6) is 0 Å². The second kappa shape index (κ2) is 5.16. The third-order valence-corrected chi connectivity index (χ3v) is 3.63. The predicted molar refractivity (Wildman–Crippen MR) is 65.5 cm³/mol. The number of rotatable bonds is 4. The van der Waals surface area contributed by atoms with E-state index in [1.165, 1.54) is 23.9 Å². The molecule has 1 rings (SSSR count). The highest BCUT2D eigenvalue weighted by Crippen LogP contribution is 2.29. The second-order valence-electron chi connectivity index (χ2n) is 3.91. The van der Waals surface area contributed by atoms with Crippen molar-refractivity contribution in [3.8, 4) is 0 Å². The van der Waals surface area contributed by atoms with Gasteiger partial charge in [-0.3, -0.25) is 10.1 Å². The molecule has 0 spiro atoms. The van der Waals surface area contributed by atoms with Gasteiger partial charge in [0, 0.05) is 11.3 Å². The summed E-state index contributed by atoms with van der Waals surface area (Å²) in [6, 6.07) is 2.73. The van der Waals surface area contributed by atoms with Gasteiger partial charge in [0.05, 0.1) is 11.0 Å². The number of nitro groups is 1. The average molecular weight is 241 g/mol. The van der Waals surface area contributed by atoms with Gasteiger partial charge in [0.1, 0.15) is 10.8 Å². The van der Waals surface area contributed by atoms with Crippen molar-refractivity contribution in [2.75, 3.05) is 5.73 Å². The number of anilines is 1. The zero-order valence-corrected chi connectivity index (χ0v) is 10.3. The van der Waals surface area contributed by atoms with E-state index < -0.39 is 4.92 Å². The number of aromatic nitrogens is 1. The molecule has 1 heterocycles. The monoisotopic (exact) mass is 241 g/mol. The Kier molecular flexibility index (Phi) is 4.12. The molecule has 0 aliphatic rings. The van der Waals surface area contributed by atoms with Crippen molar-refractivity contribution in [2.45, 2.75) is 31.0 Å². The molecule has 0 bridgehead atoms. The van der Waals surface area contributed by atoms with E-state index in [2.05, 4.69) is 25.8 Å². The number of nitrogen functional groups attached to an aromatic ring is 1. The van der Waals surface area contributed by atoms with Gasteiger partial charge in [-0.1, -0.05) is 20.8 Å². The van der Waals surface area contributed by atoms with E-state index in [1.54, 1.807) is 0 Å². The summed E-state index contributed by atoms with van der Waals surface area (Å²) in [6.45, 7) is 6.25. The van der Waals surface area contributed by atoms with Crippen LogP contribution in [0, 0.1) is 16.0 Å². The molecule has 0 aliphatic heterocycles. The number of pyridine rings is 1. The standard InChI is InChI=1S/C10H15N3O2S/c1-6(2)7(3)16-10-5-8(13(14)15)4-9(11)12-10/h4-7H,1-3H3,(H2,11,12). The van der Waals surface area contributed by atoms with Crippen LogP contribution in [0.25, 0.3) is 0 Å². The van der Waals surface area contributed by atoms with E-state index in [-0.39, 0.29) is 11.5 Å². The molecular formula is C10H15N3O2S. The summed E-state index contributed by atoms with van der Waals surface area (Å²) in [4.78, 5) is 14.3. The average Bonchev–Trinajstić information content (AvgIpc) is 2.16. The molecular weight excluding hydrogens is 226 g/mol. The summed E-state index contributed by atoms with van der Waals surface area (Å²) in [5.74, 6) is 0.667. The van der Waals surface area contributed by atoms with Gasteiger partial charge in [0.2, 0.25) is 0 Å². The van der Waals surface area contributed by atoms with Gasteiger partial charge in [-0.15, -0.1) is 11.8 Å². The Morgan fingerprint density at radius 1 is 1.44 bits per heavy atom. The summed E-state index contributed by atoms with van der Waals surface area (Å²) in [6.07, 6.45) is 0. The Morgan fingerprint density at radius 3 is 2.56 bits per heavy atom. The molecule has 1 atom stereocenters. The van der Waals surface area contributed by atoms with E-state index in [9.17, 15) is 10.1 Å². The third-order valence-electron chi connectivity index (χ3n) is 2.26. The largest absolute Gasteiger partial charge is 0.383 e. The zero-order chi connectivity index (χ0) is 12.3. The molecule has 0 radical (unpaired) electrons. The first kappa shape index (κ1) is 12.8. The summed E-state index contributed by atoms with van der Waals surface area (Å²) in [5.41, 5.74) is 5.51. The highest BCUT2D eigenvalue weighted by Gasteiger charge is 2.14. The van der Waals surface area contributed by atoms with Gasteiger partial charge < -0.3 is 5.73 Å². The fourth-order valence-corrected chi connectivity index (χ4v) is 2.00. The van der Waals surface area contributed by atoms with E-state index in [0.29, 0.717) is 16.2 Å². The van der Waals surface area contributed by atoms with Crippen molar-refractivity contribution < 1.29 is 4.92 Å². The van der Waals surface area contributed by atoms with Gasteiger partial charge in [-0.05, 0) is 5.92 Å². The number of thioether (sulfide) groups is 1. The number of hydrogen-bond donors (Lipinski definition) is 1. The Labute approximate surface area is 98.6 Å². The van der Waals surface area contributed by atoms with Crippen molar-refractivity contribution in [2.24, 2.45) is 5.92 Å². The molecule has 16 heavy (non-hydrogen) atoms. The van der Waals surface area contributed by atoms with Crippen molar-refractivity contribution in [1.29, 1.82) is 0 Å². The summed E-state index contributed by atoms with van der Waals surface area (Å²) in [5, 5.41) is 11.6. The Bertz CT molecular complexity index is 396. The summed E-state index contributed by atoms with van der Waals surface area (Å²) >= 11 is 1.50. The molecule has 0 saturated carbocycles. The SMILES string of the molecule is CC(C)C(C)Sc1cc([N+](=O)[O-])cc(N)n1. The number of hydrogen-bond acceptors (Lipinski definition) is 5. The van der Waals surface area contributed by atoms with E-state index in [0.717, 1.165) is 0 Å². The molecule has 6 heteroatoms. The molecule has 1 aromatic rings. The number of nitrogens with two attached hydrogens (primary N) is 1. The number of nitrogens with zero attached hydrogens (tertiary/aromatic N) is 2. The molecule has 1 unspecified atom stereocenters. The molecule has 2 N–H and O–H groups in total. The minimum atomic E-state index is -0.456. The maximum Gasteiger partial charge on any atom is 0.275 e. The smallest absolute Gasteiger partial charge is 0.275 e. The second-order valence-corrected chi connectivity index (χ2v) is 5.31. The van der Waals surface area contributed by atoms with Crippen LogP contribution in [0.3, 0.4) is 0 Å². The maximum absolute atomic E-state index is 10.6. The first-order chi connectivity index (χ1) is 7.40. The van der Waals surface area contributed by atoms with Crippen LogP contribution in [-0.2, 0) is 0 Å². The van der Waals surface area contributed by atoms with Gasteiger partial charge in [0.25, 0.3) is 5.69 Å². The molecule has 0 saturated heterocycles. The Balaban J connectivity index is 2.92. The molecule has 0 aliphatic carbocycles. The summed E-state index contributed by atoms with van der Waals surface area (Å²) in [7, 11) is 0. The van der Waals surface area contributed by atoms with Gasteiger partial charge in [-0.2, -0.15) is 0 Å². The highest BCUT2D eigenvalue weighted by molar-refractivity contribution is 7.99. The van der Waals surface area contributed by atoms with E-state index >= 15 is 0 Å². The van der Waals surface area contributed by atoms with Gasteiger partial charge in [0.15, 0.2) is 0 Å². The Morgan fingerprint density at radius 2 is 2.06 bits per heavy atom. The van der Waals surface area contributed by atoms with Crippen molar-refractivity contribution in [3.63, 3.8) is 0 Å². The minimum absolute atomic E-state index is 0.00837. The molecule has 1 aromatic heterocycles. The quantitative estimate of drug-likeness (QED) is 0.498. The maximum atomic E-state index is 10.6. The molecule has 0 fully saturated rings. The first-order valence-electron chi connectivity index (χ1n) is 4.98. The van der Waals surface area contributed by atoms with Crippen LogP contribution in [-0.4, -0.2) is 15.2 Å². The molecule has 5 nitrogen and oxygen atoms in total. The minimum Gasteiger partial charge on any atom is -0.383 e. The lowest BCUT2D eigenvalue weighted by molar-refractivity contribution is -0.385. The predicted octanol–water partition coefficient (Wildman–Crippen LogP) is 2.71. The lowest BCUT2D eigenvalue weighted by atomic mass is 10.2. The normalized spacial score (nSPS) is 12.8. The van der Waals surface area contributed by atoms with Gasteiger partial charge in [-0.25, -0.2) is 4.98 Å². The zero-order valence-electron chi connectivity index (χ0n) is 9.51. The molecule has 88 valence electrons. The van der Waals surface area contributed by atoms with Crippen molar-refractivity contribution in [3.05, 3.63) is 22.2 Å². The Hall–Kier alpha value is -1.30. The fourth-order valence-electron chi connectivity index (χ4n) is 1.00. The van der Waals surface area contributed by atoms with E-state index in [1.807, 2.05) is 0 Å². The molecule has 0 amide bonds. The van der Waals surface area contributed by atoms with Crippen LogP contribution in [0.15, 0.2) is 17.2 Å². The topological polar surface area (TPSA) is 82.0 Å². The van der Waals surface area contributed by atoms with Crippen LogP contribution >= 0.6 is 11.8 Å². The first-order valence-corrected chi connectivity index (χ1v) is 5.86. The summed E-state index contributed by atoms with van der Waals surface area (Å²) < 4.78 is 0. The lowest BCUT2D eigenvalue weighted by Gasteiger charge is -2.14.